The zero-order valence-electron chi connectivity index (χ0n) is 23.9. The third kappa shape index (κ3) is 5.49. The molecule has 3 aromatic rings. The number of urea groups is 1. The van der Waals surface area contributed by atoms with Gasteiger partial charge in [-0.25, -0.2) is 4.79 Å². The zero-order valence-corrected chi connectivity index (χ0v) is 23.9. The number of anilines is 1. The molecule has 2 fully saturated rings. The first-order valence-electron chi connectivity index (χ1n) is 14.9. The Bertz CT molecular complexity index is 1220. The van der Waals surface area contributed by atoms with Crippen LogP contribution in [0.3, 0.4) is 0 Å². The maximum absolute atomic E-state index is 13.4. The van der Waals surface area contributed by atoms with Gasteiger partial charge in [-0.15, -0.1) is 0 Å². The third-order valence-corrected chi connectivity index (χ3v) is 8.98. The number of carbonyl (C=O) groups excluding carboxylic acids is 1. The standard InChI is InChI=1S/C33H46N4O/c1-24(2)26-13-11-14-27(25(3)4)31(26)35-32(38)34-23-33(16-7-8-17-33)29-22-37(21-20-36-18-9-10-19-36)30-15-6-5-12-28(29)30/h5-6,11-15,22,24-25H,7-10,16-21,23H2,1-4H3,(H2,34,35,38). The van der Waals surface area contributed by atoms with Crippen LogP contribution in [0, 0.1) is 0 Å². The van der Waals surface area contributed by atoms with Crippen LogP contribution in [0.2, 0.25) is 0 Å². The lowest BCUT2D eigenvalue weighted by atomic mass is 9.78. The number of hydrogen-bond acceptors (Lipinski definition) is 2. The van der Waals surface area contributed by atoms with E-state index in [1.807, 2.05) is 0 Å². The molecule has 0 spiro atoms. The summed E-state index contributed by atoms with van der Waals surface area (Å²) in [5.41, 5.74) is 6.09. The molecule has 1 saturated heterocycles. The number of amides is 2. The molecule has 204 valence electrons. The van der Waals surface area contributed by atoms with Crippen molar-refractivity contribution in [3.05, 3.63) is 65.4 Å². The van der Waals surface area contributed by atoms with E-state index >= 15 is 0 Å². The van der Waals surface area contributed by atoms with E-state index in [1.165, 1.54) is 66.4 Å². The van der Waals surface area contributed by atoms with Gasteiger partial charge in [-0.05, 0) is 73.4 Å². The molecule has 2 aliphatic rings. The first-order valence-corrected chi connectivity index (χ1v) is 14.9. The smallest absolute Gasteiger partial charge is 0.319 e. The largest absolute Gasteiger partial charge is 0.346 e. The van der Waals surface area contributed by atoms with Crippen LogP contribution < -0.4 is 10.6 Å². The molecule has 0 atom stereocenters. The molecular formula is C33H46N4O. The molecular weight excluding hydrogens is 468 g/mol. The second-order valence-electron chi connectivity index (χ2n) is 12.2. The molecule has 0 bridgehead atoms. The van der Waals surface area contributed by atoms with Crippen LogP contribution in [0.1, 0.15) is 94.7 Å². The summed E-state index contributed by atoms with van der Waals surface area (Å²) in [5.74, 6) is 0.689. The highest BCUT2D eigenvalue weighted by atomic mass is 16.2. The molecule has 5 nitrogen and oxygen atoms in total. The van der Waals surface area contributed by atoms with Crippen LogP contribution in [0.25, 0.3) is 10.9 Å². The highest BCUT2D eigenvalue weighted by Crippen LogP contribution is 2.44. The van der Waals surface area contributed by atoms with Crippen molar-refractivity contribution in [1.82, 2.24) is 14.8 Å². The SMILES string of the molecule is CC(C)c1cccc(C(C)C)c1NC(=O)NCC1(c2cn(CCN3CCCC3)c3ccccc23)CCCC1. The van der Waals surface area contributed by atoms with E-state index in [4.69, 9.17) is 0 Å². The minimum absolute atomic E-state index is 0.0196. The van der Waals surface area contributed by atoms with Crippen molar-refractivity contribution in [2.45, 2.75) is 90.0 Å². The summed E-state index contributed by atoms with van der Waals surface area (Å²) in [6.07, 6.45) is 9.73. The maximum Gasteiger partial charge on any atom is 0.319 e. The monoisotopic (exact) mass is 514 g/mol. The summed E-state index contributed by atoms with van der Waals surface area (Å²) >= 11 is 0. The van der Waals surface area contributed by atoms with Gasteiger partial charge in [0.15, 0.2) is 0 Å². The second-order valence-corrected chi connectivity index (χ2v) is 12.2. The topological polar surface area (TPSA) is 49.3 Å². The van der Waals surface area contributed by atoms with E-state index in [-0.39, 0.29) is 11.4 Å². The lowest BCUT2D eigenvalue weighted by Crippen LogP contribution is -2.41. The summed E-state index contributed by atoms with van der Waals surface area (Å²) in [4.78, 5) is 16.0. The average Bonchev–Trinajstić information content (AvgIpc) is 3.67. The molecule has 5 heteroatoms. The lowest BCUT2D eigenvalue weighted by molar-refractivity contribution is 0.248. The fourth-order valence-corrected chi connectivity index (χ4v) is 6.81. The Labute approximate surface area is 229 Å². The number of likely N-dealkylation sites (tertiary alicyclic amines) is 1. The van der Waals surface area contributed by atoms with Gasteiger partial charge >= 0.3 is 6.03 Å². The van der Waals surface area contributed by atoms with Crippen LogP contribution in [0.15, 0.2) is 48.7 Å². The molecule has 2 heterocycles. The van der Waals surface area contributed by atoms with Crippen LogP contribution in [-0.2, 0) is 12.0 Å². The van der Waals surface area contributed by atoms with Crippen molar-refractivity contribution in [2.75, 3.05) is 31.5 Å². The lowest BCUT2D eigenvalue weighted by Gasteiger charge is -2.30. The number of para-hydroxylation sites is 2. The van der Waals surface area contributed by atoms with E-state index < -0.39 is 0 Å². The molecule has 2 aromatic carbocycles. The Morgan fingerprint density at radius 2 is 1.53 bits per heavy atom. The van der Waals surface area contributed by atoms with Crippen LogP contribution in [-0.4, -0.2) is 41.7 Å². The van der Waals surface area contributed by atoms with E-state index in [9.17, 15) is 4.79 Å². The highest BCUT2D eigenvalue weighted by Gasteiger charge is 2.38. The molecule has 2 N–H and O–H groups in total. The molecule has 2 amide bonds. The Kier molecular flexibility index (Phi) is 8.13. The molecule has 0 radical (unpaired) electrons. The Morgan fingerprint density at radius 1 is 0.868 bits per heavy atom. The van der Waals surface area contributed by atoms with Gasteiger partial charge in [-0.1, -0.05) is 76.9 Å². The number of benzene rings is 2. The zero-order chi connectivity index (χ0) is 26.7. The Hall–Kier alpha value is -2.79. The summed E-state index contributed by atoms with van der Waals surface area (Å²) in [7, 11) is 0. The fourth-order valence-electron chi connectivity index (χ4n) is 6.81. The van der Waals surface area contributed by atoms with Crippen molar-refractivity contribution in [3.8, 4) is 0 Å². The van der Waals surface area contributed by atoms with Gasteiger partial charge in [-0.3, -0.25) is 0 Å². The van der Waals surface area contributed by atoms with Gasteiger partial charge in [0.25, 0.3) is 0 Å². The summed E-state index contributed by atoms with van der Waals surface area (Å²) in [6.45, 7) is 14.0. The van der Waals surface area contributed by atoms with Gasteiger partial charge in [0.2, 0.25) is 0 Å². The molecule has 1 aromatic heterocycles. The minimum Gasteiger partial charge on any atom is -0.346 e. The molecule has 1 aliphatic heterocycles. The normalized spacial score (nSPS) is 17.6. The van der Waals surface area contributed by atoms with Gasteiger partial charge in [-0.2, -0.15) is 0 Å². The first kappa shape index (κ1) is 26.8. The summed E-state index contributed by atoms with van der Waals surface area (Å²) in [6, 6.07) is 15.2. The van der Waals surface area contributed by atoms with E-state index in [1.54, 1.807) is 0 Å². The van der Waals surface area contributed by atoms with Crippen molar-refractivity contribution in [2.24, 2.45) is 0 Å². The molecule has 38 heavy (non-hydrogen) atoms. The van der Waals surface area contributed by atoms with Crippen molar-refractivity contribution < 1.29 is 4.79 Å². The fraction of sp³-hybridized carbons (Fsp3) is 0.545. The maximum atomic E-state index is 13.4. The predicted octanol–water partition coefficient (Wildman–Crippen LogP) is 7.62. The predicted molar refractivity (Wildman–Crippen MR) is 159 cm³/mol. The van der Waals surface area contributed by atoms with E-state index in [0.717, 1.165) is 31.6 Å². The molecule has 1 aliphatic carbocycles. The van der Waals surface area contributed by atoms with Crippen LogP contribution in [0.4, 0.5) is 10.5 Å². The molecule has 0 unspecified atom stereocenters. The number of nitrogens with zero attached hydrogens (tertiary/aromatic N) is 2. The number of carbonyl (C=O) groups is 1. The van der Waals surface area contributed by atoms with Gasteiger partial charge < -0.3 is 20.1 Å². The third-order valence-electron chi connectivity index (χ3n) is 8.98. The van der Waals surface area contributed by atoms with Gasteiger partial charge in [0, 0.05) is 47.8 Å². The number of hydrogen-bond donors (Lipinski definition) is 2. The average molecular weight is 515 g/mol. The van der Waals surface area contributed by atoms with Crippen molar-refractivity contribution in [1.29, 1.82) is 0 Å². The van der Waals surface area contributed by atoms with E-state index in [0.29, 0.717) is 18.4 Å². The van der Waals surface area contributed by atoms with Gasteiger partial charge in [0.05, 0.1) is 0 Å². The first-order chi connectivity index (χ1) is 18.4. The number of rotatable bonds is 9. The summed E-state index contributed by atoms with van der Waals surface area (Å²) < 4.78 is 2.47. The van der Waals surface area contributed by atoms with Gasteiger partial charge in [0.1, 0.15) is 0 Å². The van der Waals surface area contributed by atoms with Crippen LogP contribution in [0.5, 0.6) is 0 Å². The molecule has 5 rings (SSSR count). The molecule has 1 saturated carbocycles. The quantitative estimate of drug-likeness (QED) is 0.309. The number of nitrogens with one attached hydrogen (secondary N) is 2. The Balaban J connectivity index is 1.37. The number of aromatic nitrogens is 1. The number of fused-ring (bicyclic) bond motifs is 1. The second kappa shape index (κ2) is 11.5. The summed E-state index contributed by atoms with van der Waals surface area (Å²) in [5, 5.41) is 7.95. The highest BCUT2D eigenvalue weighted by molar-refractivity contribution is 5.92. The van der Waals surface area contributed by atoms with Crippen molar-refractivity contribution >= 4 is 22.6 Å². The van der Waals surface area contributed by atoms with E-state index in [2.05, 4.69) is 96.5 Å². The minimum atomic E-state index is -0.0935. The Morgan fingerprint density at radius 3 is 2.18 bits per heavy atom. The van der Waals surface area contributed by atoms with Crippen LogP contribution >= 0.6 is 0 Å². The van der Waals surface area contributed by atoms with Crippen molar-refractivity contribution in [3.63, 3.8) is 0 Å².